The van der Waals surface area contributed by atoms with E-state index in [0.717, 1.165) is 6.42 Å². The monoisotopic (exact) mass is 145 g/mol. The first kappa shape index (κ1) is 9.02. The molecule has 0 radical (unpaired) electrons. The van der Waals surface area contributed by atoms with E-state index in [1.54, 1.807) is 0 Å². The summed E-state index contributed by atoms with van der Waals surface area (Å²) in [4.78, 5) is 4.22. The first-order valence-corrected chi connectivity index (χ1v) is 4.67. The number of hydrogen-bond acceptors (Lipinski definition) is 2. The highest BCUT2D eigenvalue weighted by molar-refractivity contribution is 7.98. The molecule has 0 unspecified atom stereocenters. The third-order valence-corrected chi connectivity index (χ3v) is 1.50. The van der Waals surface area contributed by atoms with Gasteiger partial charge in [0.15, 0.2) is 0 Å². The quantitative estimate of drug-likeness (QED) is 0.436. The van der Waals surface area contributed by atoms with Crippen LogP contribution in [-0.2, 0) is 0 Å². The van der Waals surface area contributed by atoms with E-state index >= 15 is 0 Å². The van der Waals surface area contributed by atoms with Crippen molar-refractivity contribution in [3.05, 3.63) is 0 Å². The van der Waals surface area contributed by atoms with Gasteiger partial charge in [-0.15, -0.1) is 0 Å². The summed E-state index contributed by atoms with van der Waals surface area (Å²) in [6, 6.07) is 0.465. The normalized spacial score (nSPS) is 11.6. The van der Waals surface area contributed by atoms with Crippen molar-refractivity contribution in [2.75, 3.05) is 12.0 Å². The van der Waals surface area contributed by atoms with E-state index in [2.05, 4.69) is 25.1 Å². The van der Waals surface area contributed by atoms with Gasteiger partial charge in [-0.25, -0.2) is 0 Å². The van der Waals surface area contributed by atoms with Crippen molar-refractivity contribution in [3.8, 4) is 0 Å². The molecule has 0 spiro atoms. The lowest BCUT2D eigenvalue weighted by atomic mass is 10.4. The molecule has 0 aromatic carbocycles. The second kappa shape index (κ2) is 6.14. The smallest absolute Gasteiger partial charge is 0.0439 e. The second-order valence-corrected chi connectivity index (χ2v) is 3.19. The maximum Gasteiger partial charge on any atom is 0.0439 e. The van der Waals surface area contributed by atoms with Crippen LogP contribution >= 0.6 is 11.8 Å². The molecule has 0 bridgehead atoms. The zero-order chi connectivity index (χ0) is 7.11. The Bertz CT molecular complexity index is 79.0. The third kappa shape index (κ3) is 8.02. The van der Waals surface area contributed by atoms with Gasteiger partial charge >= 0.3 is 0 Å². The summed E-state index contributed by atoms with van der Waals surface area (Å²) in [6.07, 6.45) is 5.24. The summed E-state index contributed by atoms with van der Waals surface area (Å²) in [7, 11) is 0. The van der Waals surface area contributed by atoms with Gasteiger partial charge in [-0.2, -0.15) is 11.8 Å². The summed E-state index contributed by atoms with van der Waals surface area (Å²) >= 11 is 1.86. The van der Waals surface area contributed by atoms with Crippen LogP contribution in [0, 0.1) is 0 Å². The van der Waals surface area contributed by atoms with Crippen LogP contribution in [0.4, 0.5) is 0 Å². The second-order valence-electron chi connectivity index (χ2n) is 2.21. The van der Waals surface area contributed by atoms with Gasteiger partial charge < -0.3 is 0 Å². The van der Waals surface area contributed by atoms with Crippen molar-refractivity contribution in [1.82, 2.24) is 0 Å². The Balaban J connectivity index is 3.04. The minimum atomic E-state index is 0.465. The summed E-state index contributed by atoms with van der Waals surface area (Å²) in [5.74, 6) is 1.19. The Morgan fingerprint density at radius 1 is 1.56 bits per heavy atom. The predicted molar refractivity (Wildman–Crippen MR) is 46.6 cm³/mol. The average molecular weight is 145 g/mol. The van der Waals surface area contributed by atoms with Gasteiger partial charge in [0, 0.05) is 6.04 Å². The molecule has 0 N–H and O–H groups in total. The van der Waals surface area contributed by atoms with E-state index in [0.29, 0.717) is 6.04 Å². The third-order valence-electron chi connectivity index (χ3n) is 0.855. The van der Waals surface area contributed by atoms with E-state index in [1.165, 1.54) is 5.75 Å². The van der Waals surface area contributed by atoms with Crippen molar-refractivity contribution >= 4 is 18.0 Å². The molecule has 0 aliphatic rings. The van der Waals surface area contributed by atoms with E-state index < -0.39 is 0 Å². The van der Waals surface area contributed by atoms with Gasteiger partial charge in [0.1, 0.15) is 0 Å². The lowest BCUT2D eigenvalue weighted by Gasteiger charge is -1.92. The standard InChI is InChI=1S/C7H15NS/c1-7(2)8-5-4-6-9-3/h5,7H,4,6H2,1-3H3. The van der Waals surface area contributed by atoms with Crippen molar-refractivity contribution in [1.29, 1.82) is 0 Å². The molecule has 0 heterocycles. The van der Waals surface area contributed by atoms with Gasteiger partial charge in [0.2, 0.25) is 0 Å². The van der Waals surface area contributed by atoms with E-state index in [4.69, 9.17) is 0 Å². The molecule has 1 nitrogen and oxygen atoms in total. The topological polar surface area (TPSA) is 12.4 Å². The molecule has 0 saturated carbocycles. The maximum absolute atomic E-state index is 4.22. The van der Waals surface area contributed by atoms with Crippen LogP contribution in [0.1, 0.15) is 20.3 Å². The first-order valence-electron chi connectivity index (χ1n) is 3.28. The minimum absolute atomic E-state index is 0.465. The van der Waals surface area contributed by atoms with Gasteiger partial charge in [0.25, 0.3) is 0 Å². The van der Waals surface area contributed by atoms with Crippen LogP contribution in [0.25, 0.3) is 0 Å². The van der Waals surface area contributed by atoms with Crippen molar-refractivity contribution < 1.29 is 0 Å². The fourth-order valence-corrected chi connectivity index (χ4v) is 0.797. The Morgan fingerprint density at radius 2 is 2.22 bits per heavy atom. The van der Waals surface area contributed by atoms with Crippen molar-refractivity contribution in [2.24, 2.45) is 4.99 Å². The molecule has 0 aromatic heterocycles. The molecule has 2 heteroatoms. The molecule has 0 atom stereocenters. The molecular formula is C7H15NS. The summed E-state index contributed by atoms with van der Waals surface area (Å²) in [5.41, 5.74) is 0. The molecule has 9 heavy (non-hydrogen) atoms. The highest BCUT2D eigenvalue weighted by atomic mass is 32.2. The number of aliphatic imine (C=N–C) groups is 1. The van der Waals surface area contributed by atoms with Gasteiger partial charge in [-0.05, 0) is 38.5 Å². The van der Waals surface area contributed by atoms with E-state index in [-0.39, 0.29) is 0 Å². The van der Waals surface area contributed by atoms with Crippen LogP contribution < -0.4 is 0 Å². The molecule has 0 aromatic rings. The summed E-state index contributed by atoms with van der Waals surface area (Å²) < 4.78 is 0. The average Bonchev–Trinajstić information content (AvgIpc) is 1.80. The largest absolute Gasteiger partial charge is 0.295 e. The Kier molecular flexibility index (Phi) is 6.16. The molecule has 0 aliphatic carbocycles. The van der Waals surface area contributed by atoms with Crippen molar-refractivity contribution in [3.63, 3.8) is 0 Å². The maximum atomic E-state index is 4.22. The predicted octanol–water partition coefficient (Wildman–Crippen LogP) is 2.22. The lowest BCUT2D eigenvalue weighted by molar-refractivity contribution is 0.837. The molecule has 0 amide bonds. The molecular weight excluding hydrogens is 130 g/mol. The molecule has 0 saturated heterocycles. The van der Waals surface area contributed by atoms with E-state index in [9.17, 15) is 0 Å². The SMILES string of the molecule is CSCCC=NC(C)C. The fourth-order valence-electron chi connectivity index (χ4n) is 0.456. The van der Waals surface area contributed by atoms with Gasteiger partial charge in [-0.1, -0.05) is 0 Å². The number of thioether (sulfide) groups is 1. The molecule has 54 valence electrons. The fraction of sp³-hybridized carbons (Fsp3) is 0.857. The minimum Gasteiger partial charge on any atom is -0.295 e. The summed E-state index contributed by atoms with van der Waals surface area (Å²) in [6.45, 7) is 4.19. The zero-order valence-electron chi connectivity index (χ0n) is 6.42. The van der Waals surface area contributed by atoms with Crippen LogP contribution in [0.3, 0.4) is 0 Å². The lowest BCUT2D eigenvalue weighted by Crippen LogP contribution is -1.89. The highest BCUT2D eigenvalue weighted by Gasteiger charge is 1.82. The van der Waals surface area contributed by atoms with Gasteiger partial charge in [0.05, 0.1) is 0 Å². The molecule has 0 aliphatic heterocycles. The molecule has 0 rings (SSSR count). The van der Waals surface area contributed by atoms with Gasteiger partial charge in [-0.3, -0.25) is 4.99 Å². The van der Waals surface area contributed by atoms with E-state index in [1.807, 2.05) is 18.0 Å². The first-order chi connectivity index (χ1) is 4.27. The summed E-state index contributed by atoms with van der Waals surface area (Å²) in [5, 5.41) is 0. The molecule has 0 fully saturated rings. The zero-order valence-corrected chi connectivity index (χ0v) is 7.24. The Labute approximate surface area is 61.9 Å². The van der Waals surface area contributed by atoms with Crippen LogP contribution in [-0.4, -0.2) is 24.3 Å². The van der Waals surface area contributed by atoms with Crippen LogP contribution in [0.2, 0.25) is 0 Å². The number of nitrogens with zero attached hydrogens (tertiary/aromatic N) is 1. The van der Waals surface area contributed by atoms with Crippen LogP contribution in [0.5, 0.6) is 0 Å². The Morgan fingerprint density at radius 3 is 2.67 bits per heavy atom. The Hall–Kier alpha value is 0.0200. The van der Waals surface area contributed by atoms with Crippen LogP contribution in [0.15, 0.2) is 4.99 Å². The number of hydrogen-bond donors (Lipinski definition) is 0. The van der Waals surface area contributed by atoms with Crippen molar-refractivity contribution in [2.45, 2.75) is 26.3 Å². The number of rotatable bonds is 4. The highest BCUT2D eigenvalue weighted by Crippen LogP contribution is 1.93.